The van der Waals surface area contributed by atoms with Gasteiger partial charge >= 0.3 is 6.97 Å². The number of carbonyl (C=O) groups is 3. The van der Waals surface area contributed by atoms with Crippen molar-refractivity contribution in [3.8, 4) is 0 Å². The first-order chi connectivity index (χ1) is 20.5. The van der Waals surface area contributed by atoms with Gasteiger partial charge in [0, 0.05) is 41.8 Å². The summed E-state index contributed by atoms with van der Waals surface area (Å²) in [5.74, 6) is -2.66. The largest absolute Gasteiger partial charge is 0.737 e. The van der Waals surface area contributed by atoms with Crippen LogP contribution in [-0.4, -0.2) is 101 Å². The quantitative estimate of drug-likeness (QED) is 0.177. The number of hydrogen-bond acceptors (Lipinski definition) is 5. The van der Waals surface area contributed by atoms with Crippen molar-refractivity contribution in [3.63, 3.8) is 0 Å². The third-order valence-corrected chi connectivity index (χ3v) is 9.40. The molecule has 2 aromatic rings. The molecule has 5 rings (SSSR count). The Morgan fingerprint density at radius 2 is 1.80 bits per heavy atom. The van der Waals surface area contributed by atoms with Crippen LogP contribution in [-0.2, 0) is 30.9 Å². The van der Waals surface area contributed by atoms with Crippen LogP contribution in [0.1, 0.15) is 48.2 Å². The van der Waals surface area contributed by atoms with E-state index < -0.39 is 52.9 Å². The molecule has 14 heteroatoms. The first-order valence-electron chi connectivity index (χ1n) is 14.5. The monoisotopic (exact) mass is 629 g/mol. The predicted molar refractivity (Wildman–Crippen MR) is 162 cm³/mol. The average Bonchev–Trinajstić information content (AvgIpc) is 3.55. The molecule has 1 fully saturated rings. The molecule has 1 saturated heterocycles. The minimum absolute atomic E-state index is 0.0869. The van der Waals surface area contributed by atoms with Crippen LogP contribution in [0.3, 0.4) is 0 Å². The van der Waals surface area contributed by atoms with E-state index in [0.29, 0.717) is 39.6 Å². The first-order valence-corrected chi connectivity index (χ1v) is 16.0. The topological polar surface area (TPSA) is 117 Å². The highest BCUT2D eigenvalue weighted by Crippen LogP contribution is 2.39. The van der Waals surface area contributed by atoms with Crippen molar-refractivity contribution < 1.29 is 45.0 Å². The van der Waals surface area contributed by atoms with Crippen LogP contribution in [0.25, 0.3) is 6.08 Å². The first kappa shape index (κ1) is 31.7. The van der Waals surface area contributed by atoms with Gasteiger partial charge in [-0.3, -0.25) is 23.8 Å². The van der Waals surface area contributed by atoms with E-state index in [1.165, 1.54) is 0 Å². The second-order valence-corrected chi connectivity index (χ2v) is 14.3. The molecule has 3 aliphatic heterocycles. The standard InChI is InChI=1S/C30H35BF2N4O6S/c1-20-15-23(12-13-24(38)19-34-29(39)18-28(30(34)40)44(41,42)43)35-25(20)17-27-22(11-8-14-37(2,3)4)16-26(36(27)31(35,32)33)21-9-6-5-7-10-21/h5-7,9-10,15-17,28H,8,11-14,18-19H2,1-4H3/p+1. The molecule has 0 bridgehead atoms. The number of fused-ring (bicyclic) bond motifs is 2. The molecule has 10 nitrogen and oxygen atoms in total. The summed E-state index contributed by atoms with van der Waals surface area (Å²) in [4.78, 5) is 37.8. The van der Waals surface area contributed by atoms with Gasteiger partial charge in [-0.2, -0.15) is 8.42 Å². The van der Waals surface area contributed by atoms with Crippen LogP contribution in [0, 0.1) is 6.92 Å². The fraction of sp³-hybridized carbons (Fsp3) is 0.400. The van der Waals surface area contributed by atoms with Crippen molar-refractivity contribution in [1.29, 1.82) is 0 Å². The fourth-order valence-electron chi connectivity index (χ4n) is 6.17. The SMILES string of the molecule is Cc1cc(CCC(=O)CN2C(=O)CC(S(=O)(=O)O)C2=O)n2c1C=C1C(CCC[N+](C)(C)C)=CC(c3ccccc3)=[N+]1[B-]2(F)F. The molecule has 1 unspecified atom stereocenters. The second kappa shape index (κ2) is 11.3. The average molecular weight is 630 g/mol. The third-order valence-electron chi connectivity index (χ3n) is 8.31. The van der Waals surface area contributed by atoms with Gasteiger partial charge in [0.2, 0.25) is 5.91 Å². The number of ketones is 1. The summed E-state index contributed by atoms with van der Waals surface area (Å²) >= 11 is 0. The molecular formula is C30H36BF2N4O6S+. The molecule has 234 valence electrons. The Hall–Kier alpha value is -3.75. The fourth-order valence-corrected chi connectivity index (χ4v) is 6.90. The number of aryl methyl sites for hydroxylation is 2. The molecule has 1 aromatic heterocycles. The summed E-state index contributed by atoms with van der Waals surface area (Å²) in [5, 5.41) is -1.94. The normalized spacial score (nSPS) is 19.7. The van der Waals surface area contributed by atoms with Gasteiger partial charge in [-0.05, 0) is 49.2 Å². The molecule has 1 N–H and O–H groups in total. The van der Waals surface area contributed by atoms with Gasteiger partial charge < -0.3 is 22.1 Å². The number of Topliss-reactive ketones (excluding diaryl/α,β-unsaturated/α-hetero) is 1. The van der Waals surface area contributed by atoms with Gasteiger partial charge in [0.25, 0.3) is 16.0 Å². The van der Waals surface area contributed by atoms with E-state index in [2.05, 4.69) is 21.1 Å². The number of amides is 2. The third kappa shape index (κ3) is 5.98. The molecule has 1 atom stereocenters. The van der Waals surface area contributed by atoms with E-state index in [-0.39, 0.29) is 18.5 Å². The summed E-state index contributed by atoms with van der Waals surface area (Å²) in [6.07, 6.45) is 3.99. The number of carbonyl (C=O) groups excluding carboxylic acids is 3. The number of imide groups is 1. The Labute approximate surface area is 255 Å². The minimum atomic E-state index is -4.80. The van der Waals surface area contributed by atoms with E-state index in [1.807, 2.05) is 12.1 Å². The van der Waals surface area contributed by atoms with Crippen molar-refractivity contribution in [3.05, 3.63) is 76.3 Å². The maximum atomic E-state index is 16.7. The van der Waals surface area contributed by atoms with Crippen LogP contribution in [0.15, 0.2) is 53.7 Å². The second-order valence-electron chi connectivity index (χ2n) is 12.7. The molecule has 3 aliphatic rings. The zero-order chi connectivity index (χ0) is 32.2. The maximum absolute atomic E-state index is 16.7. The summed E-state index contributed by atoms with van der Waals surface area (Å²) < 4.78 is 68.4. The number of rotatable bonds is 11. The van der Waals surface area contributed by atoms with E-state index in [9.17, 15) is 27.4 Å². The van der Waals surface area contributed by atoms with Crippen LogP contribution in [0.5, 0.6) is 0 Å². The minimum Gasteiger partial charge on any atom is -0.394 e. The van der Waals surface area contributed by atoms with E-state index in [4.69, 9.17) is 0 Å². The Bertz CT molecular complexity index is 1760. The van der Waals surface area contributed by atoms with Gasteiger partial charge in [-0.1, -0.05) is 18.2 Å². The number of halogens is 2. The Morgan fingerprint density at radius 1 is 1.11 bits per heavy atom. The van der Waals surface area contributed by atoms with Crippen LogP contribution < -0.4 is 0 Å². The lowest BCUT2D eigenvalue weighted by Crippen LogP contribution is -2.51. The molecule has 0 aliphatic carbocycles. The van der Waals surface area contributed by atoms with Crippen LogP contribution >= 0.6 is 0 Å². The van der Waals surface area contributed by atoms with Gasteiger partial charge in [0.05, 0.1) is 40.7 Å². The van der Waals surface area contributed by atoms with Gasteiger partial charge in [0.15, 0.2) is 22.4 Å². The highest BCUT2D eigenvalue weighted by atomic mass is 32.2. The van der Waals surface area contributed by atoms with Crippen LogP contribution in [0.2, 0.25) is 0 Å². The smallest absolute Gasteiger partial charge is 0.394 e. The molecule has 0 radical (unpaired) electrons. The van der Waals surface area contributed by atoms with Crippen LogP contribution in [0.4, 0.5) is 8.63 Å². The highest BCUT2D eigenvalue weighted by Gasteiger charge is 2.54. The number of quaternary nitrogens is 1. The van der Waals surface area contributed by atoms with E-state index in [0.717, 1.165) is 32.0 Å². The number of aromatic nitrogens is 1. The van der Waals surface area contributed by atoms with Crippen molar-refractivity contribution in [1.82, 2.24) is 9.38 Å². The molecule has 1 aromatic carbocycles. The van der Waals surface area contributed by atoms with E-state index >= 15 is 8.63 Å². The number of allylic oxidation sites excluding steroid dienone is 2. The summed E-state index contributed by atoms with van der Waals surface area (Å²) in [5.41, 5.74) is 3.58. The Balaban J connectivity index is 1.43. The van der Waals surface area contributed by atoms with Crippen molar-refractivity contribution >= 4 is 46.5 Å². The number of benzene rings is 1. The molecule has 4 heterocycles. The van der Waals surface area contributed by atoms with Crippen molar-refractivity contribution in [2.75, 3.05) is 34.2 Å². The lowest BCUT2D eigenvalue weighted by atomic mass is 9.88. The number of likely N-dealkylation sites (tertiary alicyclic amines) is 1. The highest BCUT2D eigenvalue weighted by molar-refractivity contribution is 7.87. The summed E-state index contributed by atoms with van der Waals surface area (Å²) in [7, 11) is 1.47. The lowest BCUT2D eigenvalue weighted by Gasteiger charge is -2.32. The molecule has 44 heavy (non-hydrogen) atoms. The summed E-state index contributed by atoms with van der Waals surface area (Å²) in [6, 6.07) is 10.7. The zero-order valence-electron chi connectivity index (χ0n) is 25.2. The number of hydrogen-bond donors (Lipinski definition) is 1. The number of nitrogens with zero attached hydrogens (tertiary/aromatic N) is 4. The summed E-state index contributed by atoms with van der Waals surface area (Å²) in [6.45, 7) is -2.45. The van der Waals surface area contributed by atoms with Gasteiger partial charge in [0.1, 0.15) is 0 Å². The van der Waals surface area contributed by atoms with Crippen molar-refractivity contribution in [2.45, 2.75) is 44.3 Å². The molecular weight excluding hydrogens is 593 g/mol. The zero-order valence-corrected chi connectivity index (χ0v) is 26.0. The maximum Gasteiger partial charge on any atom is 0.737 e. The Morgan fingerprint density at radius 3 is 2.41 bits per heavy atom. The lowest BCUT2D eigenvalue weighted by molar-refractivity contribution is -0.870. The molecule has 0 spiro atoms. The van der Waals surface area contributed by atoms with Gasteiger partial charge in [-0.15, -0.1) is 0 Å². The Kier molecular flexibility index (Phi) is 8.14. The van der Waals surface area contributed by atoms with E-state index in [1.54, 1.807) is 43.3 Å². The molecule has 0 saturated carbocycles. The van der Waals surface area contributed by atoms with Crippen molar-refractivity contribution in [2.24, 2.45) is 0 Å². The predicted octanol–water partition coefficient (Wildman–Crippen LogP) is 2.82. The van der Waals surface area contributed by atoms with Gasteiger partial charge in [-0.25, -0.2) is 0 Å². The molecule has 2 amide bonds.